The van der Waals surface area contributed by atoms with Gasteiger partial charge in [-0.05, 0) is 31.0 Å². The Bertz CT molecular complexity index is 479. The zero-order chi connectivity index (χ0) is 12.6. The first-order chi connectivity index (χ1) is 8.92. The highest BCUT2D eigenvalue weighted by atomic mass is 16.5. The number of fused-ring (bicyclic) bond motifs is 1. The molecule has 1 aromatic heterocycles. The highest BCUT2D eigenvalue weighted by molar-refractivity contribution is 5.81. The number of nitrogens with one attached hydrogen (secondary N) is 1. The maximum Gasteiger partial charge on any atom is 0.0746 e. The Hall–Kier alpha value is -1.45. The molecule has 0 saturated heterocycles. The molecule has 2 aromatic rings. The van der Waals surface area contributed by atoms with E-state index >= 15 is 0 Å². The number of para-hydroxylation sites is 1. The molecule has 18 heavy (non-hydrogen) atoms. The van der Waals surface area contributed by atoms with Crippen LogP contribution in [0.15, 0.2) is 36.5 Å². The largest absolute Gasteiger partial charge is 0.385 e. The zero-order valence-corrected chi connectivity index (χ0v) is 10.9. The lowest BCUT2D eigenvalue weighted by atomic mass is 10.1. The fourth-order valence-electron chi connectivity index (χ4n) is 2.03. The van der Waals surface area contributed by atoms with Crippen molar-refractivity contribution >= 4 is 10.9 Å². The number of hydrogen-bond acceptors (Lipinski definition) is 3. The highest BCUT2D eigenvalue weighted by Crippen LogP contribution is 2.15. The smallest absolute Gasteiger partial charge is 0.0746 e. The molecule has 2 rings (SSSR count). The van der Waals surface area contributed by atoms with Crippen molar-refractivity contribution in [3.63, 3.8) is 0 Å². The summed E-state index contributed by atoms with van der Waals surface area (Å²) >= 11 is 0. The maximum atomic E-state index is 5.03. The molecule has 0 saturated carbocycles. The molecule has 0 aliphatic carbocycles. The van der Waals surface area contributed by atoms with E-state index in [1.807, 2.05) is 12.3 Å². The van der Waals surface area contributed by atoms with Crippen LogP contribution in [0.25, 0.3) is 10.9 Å². The van der Waals surface area contributed by atoms with Crippen LogP contribution in [0.2, 0.25) is 0 Å². The van der Waals surface area contributed by atoms with Crippen LogP contribution in [0.5, 0.6) is 0 Å². The maximum absolute atomic E-state index is 5.03. The van der Waals surface area contributed by atoms with Crippen molar-refractivity contribution in [3.8, 4) is 0 Å². The van der Waals surface area contributed by atoms with Gasteiger partial charge in [0.25, 0.3) is 0 Å². The van der Waals surface area contributed by atoms with Crippen molar-refractivity contribution in [1.82, 2.24) is 10.3 Å². The number of benzene rings is 1. The Morgan fingerprint density at radius 3 is 2.94 bits per heavy atom. The van der Waals surface area contributed by atoms with Gasteiger partial charge in [-0.25, -0.2) is 0 Å². The van der Waals surface area contributed by atoms with Gasteiger partial charge in [-0.2, -0.15) is 0 Å². The second-order valence-electron chi connectivity index (χ2n) is 4.37. The molecule has 0 bridgehead atoms. The van der Waals surface area contributed by atoms with Gasteiger partial charge >= 0.3 is 0 Å². The third-order valence-electron chi connectivity index (χ3n) is 2.98. The van der Waals surface area contributed by atoms with Gasteiger partial charge in [0.1, 0.15) is 0 Å². The zero-order valence-electron chi connectivity index (χ0n) is 10.9. The minimum Gasteiger partial charge on any atom is -0.385 e. The second kappa shape index (κ2) is 7.09. The lowest BCUT2D eigenvalue weighted by molar-refractivity contribution is 0.192. The Kier molecular flexibility index (Phi) is 5.12. The highest BCUT2D eigenvalue weighted by Gasteiger charge is 2.00. The monoisotopic (exact) mass is 244 g/mol. The van der Waals surface area contributed by atoms with Gasteiger partial charge < -0.3 is 10.1 Å². The van der Waals surface area contributed by atoms with Crippen molar-refractivity contribution in [2.45, 2.75) is 19.4 Å². The van der Waals surface area contributed by atoms with Gasteiger partial charge in [0.15, 0.2) is 0 Å². The third kappa shape index (κ3) is 3.52. The summed E-state index contributed by atoms with van der Waals surface area (Å²) < 4.78 is 5.03. The molecule has 0 amide bonds. The fraction of sp³-hybridized carbons (Fsp3) is 0.400. The van der Waals surface area contributed by atoms with Crippen LogP contribution in [0, 0.1) is 0 Å². The van der Waals surface area contributed by atoms with Crippen LogP contribution < -0.4 is 5.32 Å². The predicted octanol–water partition coefficient (Wildman–Crippen LogP) is 2.75. The predicted molar refractivity (Wildman–Crippen MR) is 74.6 cm³/mol. The van der Waals surface area contributed by atoms with Crippen molar-refractivity contribution < 1.29 is 4.74 Å². The summed E-state index contributed by atoms with van der Waals surface area (Å²) in [6, 6.07) is 10.4. The van der Waals surface area contributed by atoms with Gasteiger partial charge in [-0.15, -0.1) is 0 Å². The van der Waals surface area contributed by atoms with Crippen LogP contribution in [0.1, 0.15) is 18.4 Å². The number of nitrogens with zero attached hydrogens (tertiary/aromatic N) is 1. The summed E-state index contributed by atoms with van der Waals surface area (Å²) in [5.41, 5.74) is 2.37. The average molecular weight is 244 g/mol. The molecule has 0 unspecified atom stereocenters. The summed E-state index contributed by atoms with van der Waals surface area (Å²) in [5, 5.41) is 4.66. The van der Waals surface area contributed by atoms with E-state index in [0.29, 0.717) is 0 Å². The fourth-order valence-corrected chi connectivity index (χ4v) is 2.03. The molecule has 0 radical (unpaired) electrons. The normalized spacial score (nSPS) is 10.9. The van der Waals surface area contributed by atoms with E-state index in [2.05, 4.69) is 34.6 Å². The van der Waals surface area contributed by atoms with Crippen molar-refractivity contribution in [2.24, 2.45) is 0 Å². The van der Waals surface area contributed by atoms with Crippen LogP contribution >= 0.6 is 0 Å². The summed E-state index contributed by atoms with van der Waals surface area (Å²) in [4.78, 5) is 4.45. The molecule has 0 aliphatic heterocycles. The number of ether oxygens (including phenoxy) is 1. The lowest BCUT2D eigenvalue weighted by Gasteiger charge is -2.07. The number of methoxy groups -OCH3 is 1. The van der Waals surface area contributed by atoms with Crippen LogP contribution in [-0.2, 0) is 11.3 Å². The first kappa shape index (κ1) is 13.0. The molecular weight excluding hydrogens is 224 g/mol. The average Bonchev–Trinajstić information content (AvgIpc) is 2.43. The number of rotatable bonds is 7. The molecule has 0 fully saturated rings. The van der Waals surface area contributed by atoms with E-state index in [4.69, 9.17) is 4.74 Å². The van der Waals surface area contributed by atoms with E-state index in [9.17, 15) is 0 Å². The molecule has 96 valence electrons. The number of unbranched alkanes of at least 4 members (excludes halogenated alkanes) is 1. The topological polar surface area (TPSA) is 34.1 Å². The van der Waals surface area contributed by atoms with Crippen molar-refractivity contribution in [2.75, 3.05) is 20.3 Å². The third-order valence-corrected chi connectivity index (χ3v) is 2.98. The summed E-state index contributed by atoms with van der Waals surface area (Å²) in [6.45, 7) is 2.74. The van der Waals surface area contributed by atoms with Crippen LogP contribution in [0.4, 0.5) is 0 Å². The molecule has 0 spiro atoms. The molecular formula is C15H20N2O. The quantitative estimate of drug-likeness (QED) is 0.760. The van der Waals surface area contributed by atoms with E-state index in [0.717, 1.165) is 38.1 Å². The van der Waals surface area contributed by atoms with Gasteiger partial charge in [0, 0.05) is 31.8 Å². The number of hydrogen-bond donors (Lipinski definition) is 1. The van der Waals surface area contributed by atoms with Gasteiger partial charge in [0.05, 0.1) is 5.52 Å². The molecule has 0 atom stereocenters. The molecule has 1 aromatic carbocycles. The second-order valence-corrected chi connectivity index (χ2v) is 4.37. The molecule has 1 N–H and O–H groups in total. The van der Waals surface area contributed by atoms with Crippen LogP contribution in [-0.4, -0.2) is 25.2 Å². The first-order valence-corrected chi connectivity index (χ1v) is 6.44. The number of aromatic nitrogens is 1. The Balaban J connectivity index is 1.88. The summed E-state index contributed by atoms with van der Waals surface area (Å²) in [6.07, 6.45) is 4.10. The van der Waals surface area contributed by atoms with Crippen molar-refractivity contribution in [1.29, 1.82) is 0 Å². The molecule has 3 heteroatoms. The Labute approximate surface area is 108 Å². The van der Waals surface area contributed by atoms with Crippen molar-refractivity contribution in [3.05, 3.63) is 42.1 Å². The Morgan fingerprint density at radius 2 is 2.06 bits per heavy atom. The van der Waals surface area contributed by atoms with Gasteiger partial charge in [-0.1, -0.05) is 24.3 Å². The SMILES string of the molecule is COCCCCNCc1cccc2cccnc12. The lowest BCUT2D eigenvalue weighted by Crippen LogP contribution is -2.15. The standard InChI is InChI=1S/C15H20N2O/c1-18-11-3-2-9-16-12-14-7-4-6-13-8-5-10-17-15(13)14/h4-8,10,16H,2-3,9,11-12H2,1H3. The Morgan fingerprint density at radius 1 is 1.17 bits per heavy atom. The van der Waals surface area contributed by atoms with Gasteiger partial charge in [0.2, 0.25) is 0 Å². The first-order valence-electron chi connectivity index (χ1n) is 6.44. The summed E-state index contributed by atoms with van der Waals surface area (Å²) in [5.74, 6) is 0. The van der Waals surface area contributed by atoms with E-state index in [1.54, 1.807) is 7.11 Å². The molecule has 1 heterocycles. The number of pyridine rings is 1. The van der Waals surface area contributed by atoms with E-state index < -0.39 is 0 Å². The minimum atomic E-state index is 0.845. The minimum absolute atomic E-state index is 0.845. The van der Waals surface area contributed by atoms with E-state index in [1.165, 1.54) is 10.9 Å². The van der Waals surface area contributed by atoms with Gasteiger partial charge in [-0.3, -0.25) is 4.98 Å². The molecule has 3 nitrogen and oxygen atoms in total. The molecule has 0 aliphatic rings. The van der Waals surface area contributed by atoms with E-state index in [-0.39, 0.29) is 0 Å². The summed E-state index contributed by atoms with van der Waals surface area (Å²) in [7, 11) is 1.75. The van der Waals surface area contributed by atoms with Crippen LogP contribution in [0.3, 0.4) is 0 Å².